The molecule has 2 atom stereocenters. The molecule has 3 rings (SSSR count). The number of β-lactam (4-membered cyclic amide) rings is 1. The summed E-state index contributed by atoms with van der Waals surface area (Å²) >= 11 is 2.17. The van der Waals surface area contributed by atoms with Gasteiger partial charge in [0.1, 0.15) is 5.70 Å². The fraction of sp³-hybridized carbons (Fsp3) is 0.471. The van der Waals surface area contributed by atoms with E-state index in [0.29, 0.717) is 11.3 Å². The number of anilines is 1. The van der Waals surface area contributed by atoms with Crippen LogP contribution in [-0.4, -0.2) is 70.5 Å². The summed E-state index contributed by atoms with van der Waals surface area (Å²) in [6.07, 6.45) is -0.298. The number of amides is 1. The van der Waals surface area contributed by atoms with Crippen molar-refractivity contribution in [2.24, 2.45) is 11.1 Å². The zero-order chi connectivity index (χ0) is 23.1. The van der Waals surface area contributed by atoms with Crippen molar-refractivity contribution >= 4 is 57.8 Å². The van der Waals surface area contributed by atoms with Gasteiger partial charge in [0, 0.05) is 23.7 Å². The fourth-order valence-electron chi connectivity index (χ4n) is 2.95. The van der Waals surface area contributed by atoms with Gasteiger partial charge in [-0.05, 0) is 26.3 Å². The minimum Gasteiger partial charge on any atom is -0.478 e. The van der Waals surface area contributed by atoms with Gasteiger partial charge in [0.15, 0.2) is 16.6 Å². The quantitative estimate of drug-likeness (QED) is 0.274. The maximum Gasteiger partial charge on any atom is 0.352 e. The Morgan fingerprint density at radius 1 is 1.35 bits per heavy atom. The second kappa shape index (κ2) is 8.26. The zero-order valence-corrected chi connectivity index (χ0v) is 18.3. The first kappa shape index (κ1) is 22.7. The van der Waals surface area contributed by atoms with E-state index in [0.717, 1.165) is 11.5 Å². The number of fused-ring (bicyclic) bond motifs is 1. The number of carbonyl (C=O) groups is 4. The van der Waals surface area contributed by atoms with Crippen molar-refractivity contribution in [2.75, 3.05) is 11.5 Å². The Balaban J connectivity index is 1.83. The molecule has 166 valence electrons. The first-order valence-corrected chi connectivity index (χ1v) is 10.8. The van der Waals surface area contributed by atoms with Crippen LogP contribution < -0.4 is 5.73 Å². The van der Waals surface area contributed by atoms with Crippen LogP contribution in [0.5, 0.6) is 0 Å². The molecule has 1 aromatic heterocycles. The number of Topliss-reactive ketones (excluding diaryl/α,β-unsaturated/α-hetero) is 1. The number of aromatic nitrogens is 2. The molecule has 1 amide bonds. The van der Waals surface area contributed by atoms with Crippen LogP contribution in [0.3, 0.4) is 0 Å². The maximum atomic E-state index is 13.0. The first-order valence-electron chi connectivity index (χ1n) is 8.94. The van der Waals surface area contributed by atoms with Gasteiger partial charge in [-0.25, -0.2) is 9.59 Å². The van der Waals surface area contributed by atoms with Gasteiger partial charge in [-0.1, -0.05) is 5.16 Å². The molecular formula is C17H19N5O7S2. The Kier molecular flexibility index (Phi) is 6.04. The normalized spacial score (nSPS) is 21.5. The van der Waals surface area contributed by atoms with Gasteiger partial charge in [0.25, 0.3) is 0 Å². The number of nitrogens with two attached hydrogens (primary N) is 1. The van der Waals surface area contributed by atoms with Gasteiger partial charge in [-0.15, -0.1) is 11.8 Å². The maximum absolute atomic E-state index is 13.0. The van der Waals surface area contributed by atoms with Crippen LogP contribution >= 0.6 is 23.3 Å². The van der Waals surface area contributed by atoms with Crippen molar-refractivity contribution in [3.8, 4) is 0 Å². The molecule has 3 heterocycles. The molecule has 1 fully saturated rings. The van der Waals surface area contributed by atoms with E-state index in [1.54, 1.807) is 6.92 Å². The Morgan fingerprint density at radius 3 is 2.58 bits per heavy atom. The molecule has 0 bridgehead atoms. The summed E-state index contributed by atoms with van der Waals surface area (Å²) in [5.41, 5.74) is 3.99. The zero-order valence-electron chi connectivity index (χ0n) is 16.7. The second-order valence-corrected chi connectivity index (χ2v) is 9.27. The molecule has 0 radical (unpaired) electrons. The molecule has 4 N–H and O–H groups in total. The van der Waals surface area contributed by atoms with Crippen LogP contribution in [0.1, 0.15) is 33.0 Å². The first-order chi connectivity index (χ1) is 14.4. The van der Waals surface area contributed by atoms with Gasteiger partial charge in [0.2, 0.25) is 17.3 Å². The summed E-state index contributed by atoms with van der Waals surface area (Å²) in [4.78, 5) is 58.5. The lowest BCUT2D eigenvalue weighted by atomic mass is 9.89. The number of rotatable bonds is 8. The molecule has 0 unspecified atom stereocenters. The van der Waals surface area contributed by atoms with Gasteiger partial charge >= 0.3 is 11.9 Å². The van der Waals surface area contributed by atoms with E-state index in [-0.39, 0.29) is 28.8 Å². The Labute approximate surface area is 184 Å². The third-order valence-electron chi connectivity index (χ3n) is 4.67. The highest BCUT2D eigenvalue weighted by molar-refractivity contribution is 8.00. The van der Waals surface area contributed by atoms with Crippen LogP contribution in [0, 0.1) is 5.92 Å². The van der Waals surface area contributed by atoms with Crippen LogP contribution in [0.4, 0.5) is 5.13 Å². The van der Waals surface area contributed by atoms with Crippen molar-refractivity contribution in [3.63, 3.8) is 0 Å². The lowest BCUT2D eigenvalue weighted by Crippen LogP contribution is -2.61. The monoisotopic (exact) mass is 469 g/mol. The molecule has 2 aliphatic rings. The molecule has 31 heavy (non-hydrogen) atoms. The van der Waals surface area contributed by atoms with Gasteiger partial charge in [0.05, 0.1) is 11.3 Å². The van der Waals surface area contributed by atoms with E-state index >= 15 is 0 Å². The van der Waals surface area contributed by atoms with Crippen LogP contribution in [0.2, 0.25) is 0 Å². The number of carbonyl (C=O) groups excluding carboxylic acids is 2. The van der Waals surface area contributed by atoms with Crippen molar-refractivity contribution in [2.45, 2.75) is 38.2 Å². The number of nitrogens with zero attached hydrogens (tertiary/aromatic N) is 4. The average Bonchev–Trinajstić information content (AvgIpc) is 3.11. The van der Waals surface area contributed by atoms with Crippen LogP contribution in [-0.2, 0) is 24.0 Å². The number of nitrogen functional groups attached to an aromatic ring is 1. The third-order valence-corrected chi connectivity index (χ3v) is 6.70. The highest BCUT2D eigenvalue weighted by atomic mass is 32.2. The molecule has 2 aliphatic heterocycles. The summed E-state index contributed by atoms with van der Waals surface area (Å²) in [6.45, 7) is 4.14. The summed E-state index contributed by atoms with van der Waals surface area (Å²) in [5, 5.41) is 21.8. The number of oxime groups is 1. The van der Waals surface area contributed by atoms with E-state index in [1.165, 1.54) is 30.5 Å². The van der Waals surface area contributed by atoms with Crippen LogP contribution in [0.15, 0.2) is 16.4 Å². The number of ketones is 1. The largest absolute Gasteiger partial charge is 0.478 e. The molecule has 0 spiro atoms. The lowest BCUT2D eigenvalue weighted by molar-refractivity contribution is -0.161. The molecule has 1 aromatic rings. The number of aliphatic carboxylic acids is 2. The van der Waals surface area contributed by atoms with Crippen molar-refractivity contribution in [1.29, 1.82) is 0 Å². The molecule has 12 nitrogen and oxygen atoms in total. The van der Waals surface area contributed by atoms with Crippen LogP contribution in [0.25, 0.3) is 0 Å². The fourth-order valence-corrected chi connectivity index (χ4v) is 4.75. The number of carboxylic acids is 2. The van der Waals surface area contributed by atoms with E-state index in [2.05, 4.69) is 14.5 Å². The lowest BCUT2D eigenvalue weighted by Gasteiger charge is -2.49. The van der Waals surface area contributed by atoms with Crippen molar-refractivity contribution < 1.29 is 34.2 Å². The molecular weight excluding hydrogens is 450 g/mol. The summed E-state index contributed by atoms with van der Waals surface area (Å²) < 4.78 is 3.92. The summed E-state index contributed by atoms with van der Waals surface area (Å²) in [5.74, 6) is -4.14. The van der Waals surface area contributed by atoms with Gasteiger partial charge < -0.3 is 20.8 Å². The minimum atomic E-state index is -1.73. The SMILES string of the molecule is CC1=C(C(=O)O)N2C(=O)[C@@H](CC(=O)/C(=N\OC(C)(C)C(=O)O)c3nsc(N)n3)[C@H]2SC1. The third kappa shape index (κ3) is 4.25. The predicted octanol–water partition coefficient (Wildman–Crippen LogP) is 0.553. The highest BCUT2D eigenvalue weighted by Crippen LogP contribution is 2.45. The Morgan fingerprint density at radius 2 is 2.03 bits per heavy atom. The second-order valence-electron chi connectivity index (χ2n) is 7.38. The molecule has 0 aromatic carbocycles. The van der Waals surface area contributed by atoms with E-state index < -0.39 is 40.5 Å². The Hall–Kier alpha value is -3.00. The highest BCUT2D eigenvalue weighted by Gasteiger charge is 2.53. The molecule has 1 saturated heterocycles. The number of carboxylic acid groups (broad SMARTS) is 2. The van der Waals surface area contributed by atoms with E-state index in [9.17, 15) is 29.4 Å². The number of hydrogen-bond donors (Lipinski definition) is 3. The topological polar surface area (TPSA) is 185 Å². The van der Waals surface area contributed by atoms with Crippen molar-refractivity contribution in [1.82, 2.24) is 14.3 Å². The Bertz CT molecular complexity index is 1030. The molecule has 14 heteroatoms. The predicted molar refractivity (Wildman–Crippen MR) is 110 cm³/mol. The van der Waals surface area contributed by atoms with E-state index in [4.69, 9.17) is 10.6 Å². The molecule has 0 saturated carbocycles. The minimum absolute atomic E-state index is 0.0631. The van der Waals surface area contributed by atoms with E-state index in [1.807, 2.05) is 0 Å². The number of thioether (sulfide) groups is 1. The summed E-state index contributed by atoms with van der Waals surface area (Å²) in [6, 6.07) is 0. The smallest absolute Gasteiger partial charge is 0.352 e. The standard InChI is InChI=1S/C17H19N5O7S2/c1-6-5-30-13-7(12(24)22(13)10(6)14(25)26)4-8(23)9(11-19-16(18)31-21-11)20-29-17(2,3)15(27)28/h7,13H,4-5H2,1-3H3,(H,25,26)(H,27,28)(H2,18,19,21)/b20-9+/t7-,13-/m1/s1. The summed E-state index contributed by atoms with van der Waals surface area (Å²) in [7, 11) is 0. The van der Waals surface area contributed by atoms with Gasteiger partial charge in [-0.3, -0.25) is 14.5 Å². The van der Waals surface area contributed by atoms with Gasteiger partial charge in [-0.2, -0.15) is 9.36 Å². The average molecular weight is 470 g/mol. The van der Waals surface area contributed by atoms with Crippen molar-refractivity contribution in [3.05, 3.63) is 17.1 Å². The number of hydrogen-bond acceptors (Lipinski definition) is 11. The molecule has 0 aliphatic carbocycles.